The Labute approximate surface area is 150 Å². The molecule has 0 aliphatic heterocycles. The number of benzene rings is 2. The van der Waals surface area contributed by atoms with Crippen molar-refractivity contribution in [2.45, 2.75) is 17.2 Å². The van der Waals surface area contributed by atoms with Crippen molar-refractivity contribution in [1.82, 2.24) is 5.32 Å². The molecule has 3 rings (SSSR count). The summed E-state index contributed by atoms with van der Waals surface area (Å²) in [5.41, 5.74) is 0.575. The summed E-state index contributed by atoms with van der Waals surface area (Å²) in [6, 6.07) is 15.5. The summed E-state index contributed by atoms with van der Waals surface area (Å²) in [5, 5.41) is 2.54. The zero-order valence-electron chi connectivity index (χ0n) is 13.7. The molecule has 7 heteroatoms. The van der Waals surface area contributed by atoms with Crippen molar-refractivity contribution in [1.29, 1.82) is 0 Å². The predicted octanol–water partition coefficient (Wildman–Crippen LogP) is 3.32. The Balaban J connectivity index is 1.74. The minimum atomic E-state index is -3.61. The molecule has 0 aliphatic carbocycles. The SMILES string of the molecule is O=C(NCc1ccccc1F)c1occc1CS(=O)(=O)c1ccccc1. The van der Waals surface area contributed by atoms with Crippen LogP contribution in [0.3, 0.4) is 0 Å². The molecule has 0 fully saturated rings. The summed E-state index contributed by atoms with van der Waals surface area (Å²) in [6.07, 6.45) is 1.26. The van der Waals surface area contributed by atoms with Crippen LogP contribution in [0.2, 0.25) is 0 Å². The van der Waals surface area contributed by atoms with E-state index in [1.807, 2.05) is 0 Å². The molecule has 0 unspecified atom stereocenters. The van der Waals surface area contributed by atoms with Gasteiger partial charge in [0.2, 0.25) is 0 Å². The maximum absolute atomic E-state index is 13.6. The molecule has 1 N–H and O–H groups in total. The Kier molecular flexibility index (Phi) is 5.18. The topological polar surface area (TPSA) is 76.4 Å². The molecule has 1 heterocycles. The van der Waals surface area contributed by atoms with Crippen LogP contribution >= 0.6 is 0 Å². The van der Waals surface area contributed by atoms with Crippen molar-refractivity contribution in [2.24, 2.45) is 0 Å². The maximum atomic E-state index is 13.6. The van der Waals surface area contributed by atoms with E-state index in [0.29, 0.717) is 5.56 Å². The number of sulfone groups is 1. The fourth-order valence-corrected chi connectivity index (χ4v) is 3.84. The number of hydrogen-bond donors (Lipinski definition) is 1. The van der Waals surface area contributed by atoms with Crippen LogP contribution < -0.4 is 5.32 Å². The van der Waals surface area contributed by atoms with E-state index in [2.05, 4.69) is 5.32 Å². The molecule has 134 valence electrons. The number of carbonyl (C=O) groups excluding carboxylic acids is 1. The molecule has 0 spiro atoms. The summed E-state index contributed by atoms with van der Waals surface area (Å²) < 4.78 is 43.7. The van der Waals surface area contributed by atoms with Gasteiger partial charge >= 0.3 is 0 Å². The van der Waals surface area contributed by atoms with E-state index in [1.165, 1.54) is 30.5 Å². The van der Waals surface area contributed by atoms with Crippen LogP contribution in [-0.4, -0.2) is 14.3 Å². The van der Waals surface area contributed by atoms with Crippen molar-refractivity contribution < 1.29 is 22.0 Å². The fourth-order valence-electron chi connectivity index (χ4n) is 2.46. The molecule has 0 aliphatic rings. The van der Waals surface area contributed by atoms with Gasteiger partial charge in [-0.2, -0.15) is 0 Å². The predicted molar refractivity (Wildman–Crippen MR) is 93.6 cm³/mol. The molecule has 0 atom stereocenters. The molecule has 3 aromatic rings. The lowest BCUT2D eigenvalue weighted by atomic mass is 10.2. The number of halogens is 1. The Bertz CT molecular complexity index is 1010. The lowest BCUT2D eigenvalue weighted by Gasteiger charge is -2.07. The number of amides is 1. The molecular weight excluding hydrogens is 357 g/mol. The van der Waals surface area contributed by atoms with Crippen LogP contribution in [0.5, 0.6) is 0 Å². The molecule has 0 saturated carbocycles. The van der Waals surface area contributed by atoms with Crippen molar-refractivity contribution in [3.05, 3.63) is 89.6 Å². The van der Waals surface area contributed by atoms with Crippen LogP contribution in [0, 0.1) is 5.82 Å². The van der Waals surface area contributed by atoms with E-state index in [1.54, 1.807) is 36.4 Å². The maximum Gasteiger partial charge on any atom is 0.287 e. The normalized spacial score (nSPS) is 11.3. The molecular formula is C19H16FNO4S. The smallest absolute Gasteiger partial charge is 0.287 e. The van der Waals surface area contributed by atoms with Crippen molar-refractivity contribution in [3.63, 3.8) is 0 Å². The minimum absolute atomic E-state index is 0.0307. The first-order valence-corrected chi connectivity index (χ1v) is 9.48. The minimum Gasteiger partial charge on any atom is -0.459 e. The zero-order valence-corrected chi connectivity index (χ0v) is 14.5. The second-order valence-corrected chi connectivity index (χ2v) is 7.61. The quantitative estimate of drug-likeness (QED) is 0.719. The van der Waals surface area contributed by atoms with Gasteiger partial charge in [-0.05, 0) is 24.3 Å². The highest BCUT2D eigenvalue weighted by atomic mass is 32.2. The van der Waals surface area contributed by atoms with Gasteiger partial charge in [0.15, 0.2) is 15.6 Å². The summed E-state index contributed by atoms with van der Waals surface area (Å²) >= 11 is 0. The highest BCUT2D eigenvalue weighted by Crippen LogP contribution is 2.20. The van der Waals surface area contributed by atoms with Gasteiger partial charge in [-0.15, -0.1) is 0 Å². The second kappa shape index (κ2) is 7.53. The van der Waals surface area contributed by atoms with Crippen LogP contribution in [-0.2, 0) is 22.1 Å². The van der Waals surface area contributed by atoms with Gasteiger partial charge in [-0.3, -0.25) is 4.79 Å². The Morgan fingerprint density at radius 3 is 2.38 bits per heavy atom. The number of carbonyl (C=O) groups is 1. The molecule has 2 aromatic carbocycles. The lowest BCUT2D eigenvalue weighted by Crippen LogP contribution is -2.24. The summed E-state index contributed by atoms with van der Waals surface area (Å²) in [5.74, 6) is -1.49. The molecule has 0 saturated heterocycles. The monoisotopic (exact) mass is 373 g/mol. The molecule has 0 radical (unpaired) electrons. The van der Waals surface area contributed by atoms with Gasteiger partial charge in [0.05, 0.1) is 16.9 Å². The Morgan fingerprint density at radius 2 is 1.65 bits per heavy atom. The highest BCUT2D eigenvalue weighted by molar-refractivity contribution is 7.90. The van der Waals surface area contributed by atoms with E-state index >= 15 is 0 Å². The van der Waals surface area contributed by atoms with Crippen LogP contribution in [0.25, 0.3) is 0 Å². The first-order chi connectivity index (χ1) is 12.5. The molecule has 1 amide bonds. The van der Waals surface area contributed by atoms with Crippen LogP contribution in [0.4, 0.5) is 4.39 Å². The van der Waals surface area contributed by atoms with E-state index < -0.39 is 21.6 Å². The van der Waals surface area contributed by atoms with Gasteiger partial charge in [0, 0.05) is 17.7 Å². The second-order valence-electron chi connectivity index (χ2n) is 5.62. The summed E-state index contributed by atoms with van der Waals surface area (Å²) in [4.78, 5) is 12.5. The average Bonchev–Trinajstić information content (AvgIpc) is 3.09. The average molecular weight is 373 g/mol. The zero-order chi connectivity index (χ0) is 18.6. The van der Waals surface area contributed by atoms with E-state index in [0.717, 1.165) is 0 Å². The fraction of sp³-hybridized carbons (Fsp3) is 0.105. The lowest BCUT2D eigenvalue weighted by molar-refractivity contribution is 0.0922. The molecule has 0 bridgehead atoms. The number of rotatable bonds is 6. The Hall–Kier alpha value is -2.93. The van der Waals surface area contributed by atoms with Gasteiger partial charge in [-0.1, -0.05) is 36.4 Å². The number of nitrogens with one attached hydrogen (secondary N) is 1. The Morgan fingerprint density at radius 1 is 0.962 bits per heavy atom. The third kappa shape index (κ3) is 4.00. The summed E-state index contributed by atoms with van der Waals surface area (Å²) in [6.45, 7) is -0.0307. The van der Waals surface area contributed by atoms with Crippen molar-refractivity contribution in [2.75, 3.05) is 0 Å². The van der Waals surface area contributed by atoms with E-state index in [4.69, 9.17) is 4.42 Å². The highest BCUT2D eigenvalue weighted by Gasteiger charge is 2.22. The molecule has 26 heavy (non-hydrogen) atoms. The van der Waals surface area contributed by atoms with Crippen LogP contribution in [0.1, 0.15) is 21.7 Å². The van der Waals surface area contributed by atoms with Crippen molar-refractivity contribution in [3.8, 4) is 0 Å². The molecule has 5 nitrogen and oxygen atoms in total. The van der Waals surface area contributed by atoms with Crippen molar-refractivity contribution >= 4 is 15.7 Å². The first kappa shape index (κ1) is 17.9. The van der Waals surface area contributed by atoms with E-state index in [9.17, 15) is 17.6 Å². The number of furan rings is 1. The van der Waals surface area contributed by atoms with Gasteiger partial charge in [-0.25, -0.2) is 12.8 Å². The van der Waals surface area contributed by atoms with Gasteiger partial charge < -0.3 is 9.73 Å². The third-order valence-electron chi connectivity index (χ3n) is 3.80. The number of hydrogen-bond acceptors (Lipinski definition) is 4. The largest absolute Gasteiger partial charge is 0.459 e. The third-order valence-corrected chi connectivity index (χ3v) is 5.48. The first-order valence-electron chi connectivity index (χ1n) is 7.83. The van der Waals surface area contributed by atoms with Gasteiger partial charge in [0.1, 0.15) is 5.82 Å². The van der Waals surface area contributed by atoms with E-state index in [-0.39, 0.29) is 28.5 Å². The molecule has 1 aromatic heterocycles. The van der Waals surface area contributed by atoms with Gasteiger partial charge in [0.25, 0.3) is 5.91 Å². The standard InChI is InChI=1S/C19H16FNO4S/c20-17-9-5-4-6-14(17)12-21-19(22)18-15(10-11-25-18)13-26(23,24)16-7-2-1-3-8-16/h1-11H,12-13H2,(H,21,22). The summed E-state index contributed by atoms with van der Waals surface area (Å²) in [7, 11) is -3.61. The van der Waals surface area contributed by atoms with Crippen LogP contribution in [0.15, 0.2) is 76.2 Å².